The number of imidazole rings is 1. The van der Waals surface area contributed by atoms with Crippen molar-refractivity contribution >= 4 is 34.5 Å². The zero-order valence-electron chi connectivity index (χ0n) is 11.1. The van der Waals surface area contributed by atoms with Gasteiger partial charge in [-0.3, -0.25) is 0 Å². The maximum absolute atomic E-state index is 6.18. The predicted molar refractivity (Wildman–Crippen MR) is 87.3 cm³/mol. The number of aryl methyl sites for hydroxylation is 1. The summed E-state index contributed by atoms with van der Waals surface area (Å²) >= 11 is 11.1. The van der Waals surface area contributed by atoms with E-state index in [1.165, 1.54) is 0 Å². The molecular weight excluding hydrogens is 292 g/mol. The van der Waals surface area contributed by atoms with E-state index in [4.69, 9.17) is 29.6 Å². The van der Waals surface area contributed by atoms with E-state index in [0.717, 1.165) is 37.2 Å². The van der Waals surface area contributed by atoms with Crippen LogP contribution < -0.4 is 11.1 Å². The fraction of sp³-hybridized carbons (Fsp3) is 0.286. The molecule has 0 spiro atoms. The number of hydrogen-bond acceptors (Lipinski definition) is 3. The van der Waals surface area contributed by atoms with E-state index in [0.29, 0.717) is 10.0 Å². The van der Waals surface area contributed by atoms with Gasteiger partial charge < -0.3 is 15.6 Å². The van der Waals surface area contributed by atoms with E-state index >= 15 is 0 Å². The Morgan fingerprint density at radius 3 is 2.90 bits per heavy atom. The van der Waals surface area contributed by atoms with Crippen molar-refractivity contribution in [3.05, 3.63) is 47.5 Å². The second kappa shape index (κ2) is 7.26. The molecule has 3 N–H and O–H groups in total. The molecule has 106 valence electrons. The van der Waals surface area contributed by atoms with Gasteiger partial charge in [-0.2, -0.15) is 0 Å². The average Bonchev–Trinajstić information content (AvgIpc) is 2.93. The first kappa shape index (κ1) is 14.8. The van der Waals surface area contributed by atoms with Gasteiger partial charge in [0.15, 0.2) is 0 Å². The number of thiocarbonyl (C=S) groups is 1. The largest absolute Gasteiger partial charge is 0.389 e. The fourth-order valence-corrected chi connectivity index (χ4v) is 2.25. The topological polar surface area (TPSA) is 55.9 Å². The lowest BCUT2D eigenvalue weighted by Crippen LogP contribution is -2.10. The summed E-state index contributed by atoms with van der Waals surface area (Å²) in [6.07, 6.45) is 7.75. The van der Waals surface area contributed by atoms with E-state index in [9.17, 15) is 0 Å². The molecule has 0 saturated heterocycles. The van der Waals surface area contributed by atoms with Crippen LogP contribution in [0.25, 0.3) is 0 Å². The van der Waals surface area contributed by atoms with Gasteiger partial charge in [0, 0.05) is 31.0 Å². The highest BCUT2D eigenvalue weighted by Crippen LogP contribution is 2.23. The summed E-state index contributed by atoms with van der Waals surface area (Å²) in [7, 11) is 0. The number of rotatable bonds is 7. The molecule has 6 heteroatoms. The zero-order chi connectivity index (χ0) is 14.4. The highest BCUT2D eigenvalue weighted by Gasteiger charge is 2.03. The number of nitrogens with zero attached hydrogens (tertiary/aromatic N) is 2. The lowest BCUT2D eigenvalue weighted by Gasteiger charge is -2.09. The molecule has 2 aromatic rings. The van der Waals surface area contributed by atoms with E-state index in [1.54, 1.807) is 12.3 Å². The van der Waals surface area contributed by atoms with E-state index in [2.05, 4.69) is 14.9 Å². The van der Waals surface area contributed by atoms with Crippen molar-refractivity contribution in [1.82, 2.24) is 9.55 Å². The summed E-state index contributed by atoms with van der Waals surface area (Å²) in [6, 6.07) is 5.58. The third-order valence-corrected chi connectivity index (χ3v) is 3.52. The summed E-state index contributed by atoms with van der Waals surface area (Å²) in [5, 5.41) is 3.96. The molecule has 0 saturated carbocycles. The lowest BCUT2D eigenvalue weighted by molar-refractivity contribution is 0.621. The van der Waals surface area contributed by atoms with E-state index in [-0.39, 0.29) is 0 Å². The molecule has 0 radical (unpaired) electrons. The Labute approximate surface area is 129 Å². The number of aromatic nitrogens is 2. The highest BCUT2D eigenvalue weighted by atomic mass is 35.5. The minimum Gasteiger partial charge on any atom is -0.389 e. The monoisotopic (exact) mass is 308 g/mol. The van der Waals surface area contributed by atoms with Crippen molar-refractivity contribution in [3.63, 3.8) is 0 Å². The number of anilines is 1. The Balaban J connectivity index is 1.75. The van der Waals surface area contributed by atoms with Crippen LogP contribution in [0.4, 0.5) is 5.69 Å². The smallest absolute Gasteiger partial charge is 0.104 e. The van der Waals surface area contributed by atoms with E-state index in [1.807, 2.05) is 24.7 Å². The first-order valence-electron chi connectivity index (χ1n) is 6.46. The molecule has 0 aliphatic rings. The Morgan fingerprint density at radius 1 is 1.40 bits per heavy atom. The minimum atomic E-state index is 0.360. The summed E-state index contributed by atoms with van der Waals surface area (Å²) < 4.78 is 2.07. The van der Waals surface area contributed by atoms with Crippen LogP contribution in [0.15, 0.2) is 36.9 Å². The molecule has 1 aromatic carbocycles. The van der Waals surface area contributed by atoms with Gasteiger partial charge in [0.1, 0.15) is 4.99 Å². The molecule has 0 aliphatic heterocycles. The second-order valence-electron chi connectivity index (χ2n) is 4.49. The maximum atomic E-state index is 6.18. The second-order valence-corrected chi connectivity index (χ2v) is 5.34. The van der Waals surface area contributed by atoms with Gasteiger partial charge in [0.25, 0.3) is 0 Å². The van der Waals surface area contributed by atoms with Gasteiger partial charge in [0.2, 0.25) is 0 Å². The normalized spacial score (nSPS) is 10.4. The zero-order valence-corrected chi connectivity index (χ0v) is 12.6. The number of nitrogens with one attached hydrogen (secondary N) is 1. The summed E-state index contributed by atoms with van der Waals surface area (Å²) in [5.41, 5.74) is 7.26. The molecule has 1 aromatic heterocycles. The molecule has 2 rings (SSSR count). The number of hydrogen-bond donors (Lipinski definition) is 2. The Morgan fingerprint density at radius 2 is 2.25 bits per heavy atom. The Kier molecular flexibility index (Phi) is 5.38. The maximum Gasteiger partial charge on any atom is 0.104 e. The summed E-state index contributed by atoms with van der Waals surface area (Å²) in [5.74, 6) is 0. The van der Waals surface area contributed by atoms with Gasteiger partial charge in [-0.1, -0.05) is 23.8 Å². The SMILES string of the molecule is NC(=S)c1ccc(NCCCCn2ccnc2)c(Cl)c1. The van der Waals surface area contributed by atoms with Gasteiger partial charge in [-0.25, -0.2) is 4.98 Å². The molecule has 0 aliphatic carbocycles. The molecule has 1 heterocycles. The number of nitrogens with two attached hydrogens (primary N) is 1. The Hall–Kier alpha value is -1.59. The lowest BCUT2D eigenvalue weighted by atomic mass is 10.2. The van der Waals surface area contributed by atoms with Crippen molar-refractivity contribution in [1.29, 1.82) is 0 Å². The number of halogens is 1. The van der Waals surface area contributed by atoms with Gasteiger partial charge in [-0.15, -0.1) is 0 Å². The molecule has 0 atom stereocenters. The molecule has 0 unspecified atom stereocenters. The number of unbranched alkanes of at least 4 members (excludes halogenated alkanes) is 1. The molecule has 4 nitrogen and oxygen atoms in total. The first-order valence-corrected chi connectivity index (χ1v) is 7.24. The van der Waals surface area contributed by atoms with Crippen molar-refractivity contribution in [2.45, 2.75) is 19.4 Å². The minimum absolute atomic E-state index is 0.360. The third kappa shape index (κ3) is 4.21. The third-order valence-electron chi connectivity index (χ3n) is 2.97. The van der Waals surface area contributed by atoms with Crippen LogP contribution in [0.3, 0.4) is 0 Å². The predicted octanol–water partition coefficient (Wildman–Crippen LogP) is 3.06. The molecule has 0 fully saturated rings. The molecular formula is C14H17ClN4S. The molecule has 0 amide bonds. The van der Waals surface area contributed by atoms with Crippen LogP contribution in [0.2, 0.25) is 5.02 Å². The van der Waals surface area contributed by atoms with Crippen molar-refractivity contribution < 1.29 is 0 Å². The van der Waals surface area contributed by atoms with Crippen LogP contribution in [-0.2, 0) is 6.54 Å². The standard InChI is InChI=1S/C14H17ClN4S/c15-12-9-11(14(16)20)3-4-13(12)18-5-1-2-7-19-8-6-17-10-19/h3-4,6,8-10,18H,1-2,5,7H2,(H2,16,20). The highest BCUT2D eigenvalue weighted by molar-refractivity contribution is 7.80. The van der Waals surface area contributed by atoms with Crippen molar-refractivity contribution in [2.24, 2.45) is 5.73 Å². The van der Waals surface area contributed by atoms with Crippen LogP contribution in [0.5, 0.6) is 0 Å². The van der Waals surface area contributed by atoms with E-state index < -0.39 is 0 Å². The summed E-state index contributed by atoms with van der Waals surface area (Å²) in [4.78, 5) is 4.37. The average molecular weight is 309 g/mol. The van der Waals surface area contributed by atoms with Crippen LogP contribution in [0, 0.1) is 0 Å². The van der Waals surface area contributed by atoms with Crippen molar-refractivity contribution in [2.75, 3.05) is 11.9 Å². The first-order chi connectivity index (χ1) is 9.66. The quantitative estimate of drug-likeness (QED) is 0.610. The summed E-state index contributed by atoms with van der Waals surface area (Å²) in [6.45, 7) is 1.86. The molecule has 20 heavy (non-hydrogen) atoms. The van der Waals surface area contributed by atoms with Crippen molar-refractivity contribution in [3.8, 4) is 0 Å². The van der Waals surface area contributed by atoms with Gasteiger partial charge in [0.05, 0.1) is 17.0 Å². The van der Waals surface area contributed by atoms with Crippen LogP contribution >= 0.6 is 23.8 Å². The van der Waals surface area contributed by atoms with Gasteiger partial charge in [-0.05, 0) is 31.0 Å². The number of benzene rings is 1. The fourth-order valence-electron chi connectivity index (χ4n) is 1.87. The van der Waals surface area contributed by atoms with Crippen LogP contribution in [0.1, 0.15) is 18.4 Å². The van der Waals surface area contributed by atoms with Gasteiger partial charge >= 0.3 is 0 Å². The Bertz CT molecular complexity index is 569. The van der Waals surface area contributed by atoms with Crippen LogP contribution in [-0.4, -0.2) is 21.1 Å². The molecule has 0 bridgehead atoms.